The standard InChI is InChI=1S/C18H20N2O2S/c1-13(23-17-8-4-5-9-19-17)18(21)20-11-14-10-15-6-2-3-7-16(15)22-12-14/h2-9,13-14H,10-12H2,1H3,(H,20,21)/t13-,14-/m0/s1. The van der Waals surface area contributed by atoms with Crippen LogP contribution in [0.15, 0.2) is 53.7 Å². The Hall–Kier alpha value is -2.01. The van der Waals surface area contributed by atoms with E-state index in [4.69, 9.17) is 4.74 Å². The normalized spacial score (nSPS) is 17.7. The van der Waals surface area contributed by atoms with Gasteiger partial charge in [-0.3, -0.25) is 4.79 Å². The monoisotopic (exact) mass is 328 g/mol. The first-order valence-corrected chi connectivity index (χ1v) is 8.66. The molecule has 23 heavy (non-hydrogen) atoms. The highest BCUT2D eigenvalue weighted by molar-refractivity contribution is 8.00. The number of thioether (sulfide) groups is 1. The Morgan fingerprint density at radius 3 is 3.00 bits per heavy atom. The van der Waals surface area contributed by atoms with E-state index in [-0.39, 0.29) is 11.2 Å². The van der Waals surface area contributed by atoms with Gasteiger partial charge in [0.15, 0.2) is 0 Å². The molecule has 2 atom stereocenters. The maximum Gasteiger partial charge on any atom is 0.233 e. The topological polar surface area (TPSA) is 51.2 Å². The van der Waals surface area contributed by atoms with Crippen LogP contribution in [0.1, 0.15) is 12.5 Å². The number of nitrogens with one attached hydrogen (secondary N) is 1. The molecule has 0 spiro atoms. The average molecular weight is 328 g/mol. The Bertz CT molecular complexity index is 663. The molecule has 2 aromatic rings. The second kappa shape index (κ2) is 7.51. The van der Waals surface area contributed by atoms with Crippen LogP contribution in [0.3, 0.4) is 0 Å². The van der Waals surface area contributed by atoms with Gasteiger partial charge in [0.25, 0.3) is 0 Å². The predicted molar refractivity (Wildman–Crippen MR) is 91.7 cm³/mol. The van der Waals surface area contributed by atoms with E-state index in [0.717, 1.165) is 17.2 Å². The summed E-state index contributed by atoms with van der Waals surface area (Å²) in [7, 11) is 0. The molecule has 0 bridgehead atoms. The Balaban J connectivity index is 1.48. The van der Waals surface area contributed by atoms with Crippen molar-refractivity contribution in [3.8, 4) is 5.75 Å². The molecule has 3 rings (SSSR count). The number of hydrogen-bond acceptors (Lipinski definition) is 4. The van der Waals surface area contributed by atoms with E-state index in [0.29, 0.717) is 19.1 Å². The first-order chi connectivity index (χ1) is 11.2. The SMILES string of the molecule is C[C@H](Sc1ccccn1)C(=O)NC[C@H]1COc2ccccc2C1. The average Bonchev–Trinajstić information content (AvgIpc) is 2.60. The minimum Gasteiger partial charge on any atom is -0.493 e. The fourth-order valence-corrected chi connectivity index (χ4v) is 3.39. The number of rotatable bonds is 5. The van der Waals surface area contributed by atoms with Crippen LogP contribution in [0.5, 0.6) is 5.75 Å². The lowest BCUT2D eigenvalue weighted by Gasteiger charge is -2.25. The number of pyridine rings is 1. The molecule has 0 radical (unpaired) electrons. The Labute approximate surface area is 140 Å². The zero-order valence-corrected chi connectivity index (χ0v) is 13.9. The van der Waals surface area contributed by atoms with E-state index >= 15 is 0 Å². The molecule has 0 saturated heterocycles. The van der Waals surface area contributed by atoms with Crippen molar-refractivity contribution in [3.05, 3.63) is 54.2 Å². The van der Waals surface area contributed by atoms with Gasteiger partial charge in [0, 0.05) is 18.7 Å². The number of hydrogen-bond donors (Lipinski definition) is 1. The van der Waals surface area contributed by atoms with Crippen LogP contribution in [-0.4, -0.2) is 29.3 Å². The largest absolute Gasteiger partial charge is 0.493 e. The van der Waals surface area contributed by atoms with E-state index in [2.05, 4.69) is 16.4 Å². The summed E-state index contributed by atoms with van der Waals surface area (Å²) < 4.78 is 5.76. The lowest BCUT2D eigenvalue weighted by molar-refractivity contribution is -0.120. The van der Waals surface area contributed by atoms with Crippen LogP contribution in [0.4, 0.5) is 0 Å². The molecule has 5 heteroatoms. The zero-order valence-electron chi connectivity index (χ0n) is 13.1. The Morgan fingerprint density at radius 2 is 2.17 bits per heavy atom. The minimum absolute atomic E-state index is 0.0412. The summed E-state index contributed by atoms with van der Waals surface area (Å²) in [5.74, 6) is 1.33. The number of carbonyl (C=O) groups excluding carboxylic acids is 1. The van der Waals surface area contributed by atoms with Gasteiger partial charge in [0.1, 0.15) is 5.75 Å². The molecule has 0 fully saturated rings. The van der Waals surface area contributed by atoms with E-state index in [1.165, 1.54) is 17.3 Å². The maximum atomic E-state index is 12.2. The molecular formula is C18H20N2O2S. The molecule has 0 unspecified atom stereocenters. The van der Waals surface area contributed by atoms with Gasteiger partial charge in [-0.25, -0.2) is 4.98 Å². The summed E-state index contributed by atoms with van der Waals surface area (Å²) in [4.78, 5) is 16.5. The second-order valence-corrected chi connectivity index (χ2v) is 7.02. The number of carbonyl (C=O) groups is 1. The van der Waals surface area contributed by atoms with Gasteiger partial charge in [-0.15, -0.1) is 0 Å². The van der Waals surface area contributed by atoms with Gasteiger partial charge in [-0.2, -0.15) is 0 Å². The molecule has 120 valence electrons. The number of ether oxygens (including phenoxy) is 1. The summed E-state index contributed by atoms with van der Waals surface area (Å²) in [6.45, 7) is 3.20. The number of benzene rings is 1. The number of nitrogens with zero attached hydrogens (tertiary/aromatic N) is 1. The van der Waals surface area contributed by atoms with Gasteiger partial charge in [0.05, 0.1) is 16.9 Å². The third kappa shape index (κ3) is 4.26. The lowest BCUT2D eigenvalue weighted by Crippen LogP contribution is -2.38. The van der Waals surface area contributed by atoms with E-state index in [1.54, 1.807) is 6.20 Å². The lowest BCUT2D eigenvalue weighted by atomic mass is 9.97. The van der Waals surface area contributed by atoms with E-state index in [1.807, 2.05) is 43.3 Å². The number of aromatic nitrogens is 1. The van der Waals surface area contributed by atoms with Gasteiger partial charge in [-0.05, 0) is 37.1 Å². The highest BCUT2D eigenvalue weighted by atomic mass is 32.2. The van der Waals surface area contributed by atoms with Crippen LogP contribution in [0.2, 0.25) is 0 Å². The van der Waals surface area contributed by atoms with Crippen molar-refractivity contribution in [2.45, 2.75) is 23.6 Å². The summed E-state index contributed by atoms with van der Waals surface area (Å²) in [6, 6.07) is 13.8. The maximum absolute atomic E-state index is 12.2. The van der Waals surface area contributed by atoms with Crippen molar-refractivity contribution in [1.82, 2.24) is 10.3 Å². The Morgan fingerprint density at radius 1 is 1.35 bits per heavy atom. The zero-order chi connectivity index (χ0) is 16.1. The van der Waals surface area contributed by atoms with Crippen LogP contribution >= 0.6 is 11.8 Å². The number of fused-ring (bicyclic) bond motifs is 1. The van der Waals surface area contributed by atoms with Crippen molar-refractivity contribution in [2.75, 3.05) is 13.2 Å². The minimum atomic E-state index is -0.165. The molecule has 1 aromatic carbocycles. The third-order valence-corrected chi connectivity index (χ3v) is 4.88. The summed E-state index contributed by atoms with van der Waals surface area (Å²) in [5, 5.41) is 3.74. The molecule has 1 aliphatic rings. The summed E-state index contributed by atoms with van der Waals surface area (Å²) in [6.07, 6.45) is 2.68. The molecule has 1 amide bonds. The molecular weight excluding hydrogens is 308 g/mol. The molecule has 0 saturated carbocycles. The van der Waals surface area contributed by atoms with Crippen LogP contribution in [0.25, 0.3) is 0 Å². The van der Waals surface area contributed by atoms with Crippen molar-refractivity contribution in [3.63, 3.8) is 0 Å². The van der Waals surface area contributed by atoms with Gasteiger partial charge in [-0.1, -0.05) is 36.0 Å². The van der Waals surface area contributed by atoms with E-state index in [9.17, 15) is 4.79 Å². The highest BCUT2D eigenvalue weighted by Gasteiger charge is 2.21. The van der Waals surface area contributed by atoms with Crippen molar-refractivity contribution < 1.29 is 9.53 Å². The highest BCUT2D eigenvalue weighted by Crippen LogP contribution is 2.26. The number of para-hydroxylation sites is 1. The molecule has 0 aliphatic carbocycles. The third-order valence-electron chi connectivity index (χ3n) is 3.83. The fourth-order valence-electron chi connectivity index (χ4n) is 2.56. The quantitative estimate of drug-likeness (QED) is 0.858. The Kier molecular flexibility index (Phi) is 5.18. The molecule has 2 heterocycles. The van der Waals surface area contributed by atoms with Crippen molar-refractivity contribution >= 4 is 17.7 Å². The van der Waals surface area contributed by atoms with Crippen LogP contribution < -0.4 is 10.1 Å². The first-order valence-electron chi connectivity index (χ1n) is 7.78. The van der Waals surface area contributed by atoms with Crippen molar-refractivity contribution in [2.24, 2.45) is 5.92 Å². The molecule has 1 aliphatic heterocycles. The molecule has 1 aromatic heterocycles. The molecule has 4 nitrogen and oxygen atoms in total. The fraction of sp³-hybridized carbons (Fsp3) is 0.333. The van der Waals surface area contributed by atoms with Crippen LogP contribution in [0, 0.1) is 5.92 Å². The van der Waals surface area contributed by atoms with Crippen LogP contribution in [-0.2, 0) is 11.2 Å². The second-order valence-electron chi connectivity index (χ2n) is 5.66. The predicted octanol–water partition coefficient (Wildman–Crippen LogP) is 2.93. The van der Waals surface area contributed by atoms with Crippen molar-refractivity contribution in [1.29, 1.82) is 0 Å². The van der Waals surface area contributed by atoms with E-state index < -0.39 is 0 Å². The number of amides is 1. The van der Waals surface area contributed by atoms with Gasteiger partial charge >= 0.3 is 0 Å². The summed E-state index contributed by atoms with van der Waals surface area (Å²) >= 11 is 1.47. The first kappa shape index (κ1) is 15.9. The summed E-state index contributed by atoms with van der Waals surface area (Å²) in [5.41, 5.74) is 1.22. The van der Waals surface area contributed by atoms with Gasteiger partial charge < -0.3 is 10.1 Å². The van der Waals surface area contributed by atoms with Gasteiger partial charge in [0.2, 0.25) is 5.91 Å². The smallest absolute Gasteiger partial charge is 0.233 e. The molecule has 1 N–H and O–H groups in total.